The van der Waals surface area contributed by atoms with Crippen LogP contribution < -0.4 is 25.8 Å². The molecule has 0 unspecified atom stereocenters. The van der Waals surface area contributed by atoms with Crippen LogP contribution in [0.2, 0.25) is 10.0 Å². The van der Waals surface area contributed by atoms with Crippen LogP contribution in [0.25, 0.3) is 0 Å². The molecule has 0 saturated heterocycles. The Morgan fingerprint density at radius 1 is 0.727 bits per heavy atom. The summed E-state index contributed by atoms with van der Waals surface area (Å²) in [7, 11) is -3.74. The number of nitrogens with one attached hydrogen (secondary N) is 3. The lowest BCUT2D eigenvalue weighted by Gasteiger charge is -2.29. The first-order valence-electron chi connectivity index (χ1n) is 17.6. The van der Waals surface area contributed by atoms with Crippen molar-refractivity contribution in [3.63, 3.8) is 0 Å². The lowest BCUT2D eigenvalue weighted by atomic mass is 9.87. The van der Waals surface area contributed by atoms with Crippen LogP contribution in [0.15, 0.2) is 96.4 Å². The zero-order valence-corrected chi connectivity index (χ0v) is 31.7. The maximum absolute atomic E-state index is 12.6. The highest BCUT2D eigenvalue weighted by atomic mass is 35.5. The van der Waals surface area contributed by atoms with Crippen molar-refractivity contribution in [1.82, 2.24) is 19.9 Å². The van der Waals surface area contributed by atoms with Gasteiger partial charge in [0, 0.05) is 30.1 Å². The van der Waals surface area contributed by atoms with Crippen LogP contribution in [0.4, 0.5) is 38.5 Å². The number of para-hydroxylation sites is 2. The van der Waals surface area contributed by atoms with Crippen molar-refractivity contribution < 1.29 is 23.1 Å². The van der Waals surface area contributed by atoms with Crippen molar-refractivity contribution in [3.05, 3.63) is 118 Å². The fourth-order valence-electron chi connectivity index (χ4n) is 6.48. The number of halogens is 2. The molecule has 284 valence electrons. The van der Waals surface area contributed by atoms with Crippen molar-refractivity contribution in [1.29, 1.82) is 0 Å². The number of rotatable bonds is 8. The van der Waals surface area contributed by atoms with E-state index in [1.807, 2.05) is 24.3 Å². The number of benzene rings is 3. The molecule has 17 heteroatoms. The molecule has 0 bridgehead atoms. The van der Waals surface area contributed by atoms with Crippen molar-refractivity contribution in [2.75, 3.05) is 32.3 Å². The van der Waals surface area contributed by atoms with Gasteiger partial charge in [-0.15, -0.1) is 0 Å². The molecule has 1 fully saturated rings. The molecule has 2 aliphatic heterocycles. The van der Waals surface area contributed by atoms with Gasteiger partial charge in [0.2, 0.25) is 20.9 Å². The molecular formula is C38H37Cl2N9O5S. The van der Waals surface area contributed by atoms with Gasteiger partial charge in [0.1, 0.15) is 11.6 Å². The number of carbonyl (C=O) groups excluding carboxylic acids is 2. The molecule has 14 nitrogen and oxygen atoms in total. The Hall–Kier alpha value is -5.35. The molecule has 4 heterocycles. The van der Waals surface area contributed by atoms with Crippen LogP contribution in [0, 0.1) is 5.92 Å². The predicted octanol–water partition coefficient (Wildman–Crippen LogP) is 7.30. The van der Waals surface area contributed by atoms with Gasteiger partial charge in [0.05, 0.1) is 46.4 Å². The van der Waals surface area contributed by atoms with Crippen LogP contribution in [-0.2, 0) is 28.7 Å². The highest BCUT2D eigenvalue weighted by Gasteiger charge is 2.30. The quantitative estimate of drug-likeness (QED) is 0.116. The molecule has 0 atom stereocenters. The van der Waals surface area contributed by atoms with Crippen molar-refractivity contribution in [2.45, 2.75) is 55.8 Å². The molecule has 3 aliphatic rings. The summed E-state index contributed by atoms with van der Waals surface area (Å²) >= 11 is 12.4. The molecule has 5 aromatic rings. The van der Waals surface area contributed by atoms with E-state index in [0.29, 0.717) is 56.8 Å². The van der Waals surface area contributed by atoms with E-state index >= 15 is 0 Å². The Kier molecular flexibility index (Phi) is 11.4. The summed E-state index contributed by atoms with van der Waals surface area (Å²) in [6.07, 6.45) is 6.71. The van der Waals surface area contributed by atoms with Crippen LogP contribution in [0.3, 0.4) is 0 Å². The summed E-state index contributed by atoms with van der Waals surface area (Å²) in [4.78, 5) is 45.0. The highest BCUT2D eigenvalue weighted by Crippen LogP contribution is 2.33. The molecule has 1 aliphatic carbocycles. The Balaban J connectivity index is 0.000000169. The second-order valence-corrected chi connectivity index (χ2v) is 16.0. The minimum Gasteiger partial charge on any atom is -0.393 e. The third-order valence-corrected chi connectivity index (χ3v) is 11.5. The van der Waals surface area contributed by atoms with Crippen LogP contribution in [-0.4, -0.2) is 58.2 Å². The summed E-state index contributed by atoms with van der Waals surface area (Å²) in [6, 6.07) is 22.3. The molecular weight excluding hydrogens is 765 g/mol. The number of hydrogen-bond acceptors (Lipinski definition) is 10. The van der Waals surface area contributed by atoms with Crippen LogP contribution >= 0.6 is 23.2 Å². The van der Waals surface area contributed by atoms with E-state index in [1.54, 1.807) is 65.7 Å². The molecule has 0 spiro atoms. The number of carbonyl (C=O) groups is 2. The Labute approximate surface area is 327 Å². The number of nitrogens with zero attached hydrogens (tertiary/aromatic N) is 6. The van der Waals surface area contributed by atoms with E-state index in [-0.39, 0.29) is 35.4 Å². The average molecular weight is 803 g/mol. The van der Waals surface area contributed by atoms with Gasteiger partial charge in [0.25, 0.3) is 0 Å². The van der Waals surface area contributed by atoms with E-state index in [9.17, 15) is 23.1 Å². The third-order valence-electron chi connectivity index (χ3n) is 9.43. The standard InChI is InChI=1S/C19H22ClN5O2.C19H15ClN4O3S/c20-15-3-1-2-4-16(15)25-11-13-10-22-18(23-17(13)24-19(25)27)21-9-12-5-7-14(26)8-6-12;20-15-8-4-5-9-16(15)24-11-14-10-21-18(22-17(14)23-19(24)25)28(26,27)12-13-6-2-1-3-7-13/h1-4,10,12,14,26H,5-9,11H2,(H2,21,22,23,24,27);1-10H,11-12H2,(H,21,22,23,25). The Bertz CT molecular complexity index is 2310. The zero-order chi connectivity index (χ0) is 38.5. The largest absolute Gasteiger partial charge is 0.393 e. The molecule has 1 saturated carbocycles. The Morgan fingerprint density at radius 3 is 1.84 bits per heavy atom. The third kappa shape index (κ3) is 8.97. The number of aromatic nitrogens is 4. The van der Waals surface area contributed by atoms with E-state index in [1.165, 1.54) is 11.1 Å². The average Bonchev–Trinajstić information content (AvgIpc) is 3.18. The van der Waals surface area contributed by atoms with E-state index in [0.717, 1.165) is 37.8 Å². The zero-order valence-electron chi connectivity index (χ0n) is 29.4. The molecule has 55 heavy (non-hydrogen) atoms. The van der Waals surface area contributed by atoms with Gasteiger partial charge < -0.3 is 10.4 Å². The smallest absolute Gasteiger partial charge is 0.327 e. The molecule has 0 radical (unpaired) electrons. The van der Waals surface area contributed by atoms with Gasteiger partial charge in [-0.25, -0.2) is 33.0 Å². The van der Waals surface area contributed by atoms with Crippen molar-refractivity contribution in [3.8, 4) is 0 Å². The lowest BCUT2D eigenvalue weighted by molar-refractivity contribution is 0.111. The Morgan fingerprint density at radius 2 is 1.25 bits per heavy atom. The summed E-state index contributed by atoms with van der Waals surface area (Å²) in [6.45, 7) is 1.32. The summed E-state index contributed by atoms with van der Waals surface area (Å²) in [5.41, 5.74) is 3.27. The van der Waals surface area contributed by atoms with Gasteiger partial charge in [-0.05, 0) is 61.4 Å². The number of hydrogen-bond donors (Lipinski definition) is 4. The van der Waals surface area contributed by atoms with E-state index in [4.69, 9.17) is 23.2 Å². The maximum atomic E-state index is 12.6. The predicted molar refractivity (Wildman–Crippen MR) is 211 cm³/mol. The van der Waals surface area contributed by atoms with Gasteiger partial charge in [-0.2, -0.15) is 4.98 Å². The van der Waals surface area contributed by atoms with Gasteiger partial charge in [0.15, 0.2) is 0 Å². The first kappa shape index (κ1) is 37.9. The van der Waals surface area contributed by atoms with Crippen LogP contribution in [0.1, 0.15) is 42.4 Å². The summed E-state index contributed by atoms with van der Waals surface area (Å²) < 4.78 is 25.3. The molecule has 4 amide bonds. The number of amides is 4. The second-order valence-electron chi connectivity index (χ2n) is 13.3. The van der Waals surface area contributed by atoms with E-state index in [2.05, 4.69) is 35.9 Å². The fourth-order valence-corrected chi connectivity index (χ4v) is 8.15. The number of aliphatic hydroxyl groups excluding tert-OH is 1. The SMILES string of the molecule is O=C1Nc2nc(NCC3CCC(O)CC3)ncc2CN1c1ccccc1Cl.O=C1Nc2nc(S(=O)(=O)Cc3ccccc3)ncc2CN1c1ccccc1Cl. The molecule has 8 rings (SSSR count). The molecule has 3 aromatic carbocycles. The van der Waals surface area contributed by atoms with Gasteiger partial charge in [-0.3, -0.25) is 20.4 Å². The topological polar surface area (TPSA) is 183 Å². The number of fused-ring (bicyclic) bond motifs is 2. The normalized spacial score (nSPS) is 17.9. The summed E-state index contributed by atoms with van der Waals surface area (Å²) in [5, 5.41) is 18.9. The number of urea groups is 2. The minimum absolute atomic E-state index is 0.155. The van der Waals surface area contributed by atoms with Gasteiger partial charge >= 0.3 is 12.1 Å². The number of anilines is 5. The summed E-state index contributed by atoms with van der Waals surface area (Å²) in [5.74, 6) is 1.52. The van der Waals surface area contributed by atoms with Gasteiger partial charge in [-0.1, -0.05) is 77.8 Å². The maximum Gasteiger partial charge on any atom is 0.327 e. The number of sulfone groups is 1. The first-order valence-corrected chi connectivity index (χ1v) is 20.0. The lowest BCUT2D eigenvalue weighted by Crippen LogP contribution is -2.39. The van der Waals surface area contributed by atoms with Crippen molar-refractivity contribution in [2.24, 2.45) is 5.92 Å². The highest BCUT2D eigenvalue weighted by molar-refractivity contribution is 7.90. The van der Waals surface area contributed by atoms with Crippen molar-refractivity contribution >= 4 is 74.1 Å². The minimum atomic E-state index is -3.74. The van der Waals surface area contributed by atoms with Crippen LogP contribution in [0.5, 0.6) is 0 Å². The fraction of sp³-hybridized carbons (Fsp3) is 0.263. The second kappa shape index (κ2) is 16.6. The monoisotopic (exact) mass is 801 g/mol. The van der Waals surface area contributed by atoms with E-state index < -0.39 is 15.9 Å². The first-order chi connectivity index (χ1) is 26.5. The molecule has 2 aromatic heterocycles. The number of aliphatic hydroxyl groups is 1. The molecule has 4 N–H and O–H groups in total.